The van der Waals surface area contributed by atoms with Gasteiger partial charge in [0.25, 0.3) is 0 Å². The Labute approximate surface area is 210 Å². The van der Waals surface area contributed by atoms with Gasteiger partial charge in [0, 0.05) is 0 Å². The highest BCUT2D eigenvalue weighted by atomic mass is 35.5. The van der Waals surface area contributed by atoms with Crippen molar-refractivity contribution in [1.82, 2.24) is 4.57 Å². The second kappa shape index (κ2) is 22.6. The number of unbranched alkanes of at least 4 members (excludes halogenated alkanes) is 7. The molecule has 0 aromatic carbocycles. The second-order valence-electron chi connectivity index (χ2n) is 8.49. The zero-order valence-corrected chi connectivity index (χ0v) is 23.1. The Hall–Kier alpha value is -1.19. The van der Waals surface area contributed by atoms with E-state index in [1.54, 1.807) is 0 Å². The number of quaternary nitrogens is 1. The van der Waals surface area contributed by atoms with Crippen LogP contribution in [-0.4, -0.2) is 55.8 Å². The quantitative estimate of drug-likeness (QED) is 0.0893. The number of imidazole rings is 1. The molecule has 1 rings (SSSR count). The summed E-state index contributed by atoms with van der Waals surface area (Å²) in [5.74, 6) is 0. The molecule has 0 fully saturated rings. The lowest BCUT2D eigenvalue weighted by molar-refractivity contribution is -0.878. The van der Waals surface area contributed by atoms with Gasteiger partial charge in [-0.15, -0.1) is 0 Å². The van der Waals surface area contributed by atoms with E-state index in [1.165, 1.54) is 32.1 Å². The van der Waals surface area contributed by atoms with Gasteiger partial charge >= 0.3 is 0 Å². The Kier molecular flexibility index (Phi) is 24.9. The topological polar surface area (TPSA) is 75.2 Å². The number of nitrogens with zero attached hydrogens (tertiary/aromatic N) is 3. The Morgan fingerprint density at radius 2 is 1.48 bits per heavy atom. The van der Waals surface area contributed by atoms with Gasteiger partial charge in [-0.2, -0.15) is 0 Å². The zero-order valence-electron chi connectivity index (χ0n) is 21.5. The molecule has 1 aromatic heterocycles. The first-order chi connectivity index (χ1) is 15.0. The van der Waals surface area contributed by atoms with E-state index in [-0.39, 0.29) is 19.0 Å². The molecular formula is C24H48ClN3O4S. The molecule has 9 heteroatoms. The van der Waals surface area contributed by atoms with Crippen LogP contribution in [0.5, 0.6) is 0 Å². The molecule has 0 aliphatic rings. The van der Waals surface area contributed by atoms with Crippen LogP contribution in [0.25, 0.3) is 0 Å². The van der Waals surface area contributed by atoms with Crippen LogP contribution in [-0.2, 0) is 28.2 Å². The molecule has 0 aliphatic carbocycles. The SMILES string of the molecule is C=CC[N+](C)(C)CC=C.CCCCCCCCCCOS(=O)(=O)[O-].CCn1cc[n+](C)c1.[Cl-]. The first kappa shape index (κ1) is 36.4. The van der Waals surface area contributed by atoms with Gasteiger partial charge in [-0.3, -0.25) is 4.18 Å². The largest absolute Gasteiger partial charge is 1.00 e. The summed E-state index contributed by atoms with van der Waals surface area (Å²) < 4.78 is 39.4. The molecule has 0 aliphatic heterocycles. The highest BCUT2D eigenvalue weighted by Gasteiger charge is 2.07. The molecule has 1 aromatic rings. The maximum Gasteiger partial charge on any atom is 0.243 e. The molecule has 196 valence electrons. The maximum absolute atomic E-state index is 10.1. The summed E-state index contributed by atoms with van der Waals surface area (Å²) in [6, 6.07) is 0. The van der Waals surface area contributed by atoms with Crippen LogP contribution in [0.2, 0.25) is 0 Å². The van der Waals surface area contributed by atoms with E-state index in [1.807, 2.05) is 30.0 Å². The van der Waals surface area contributed by atoms with E-state index < -0.39 is 10.4 Å². The molecule has 33 heavy (non-hydrogen) atoms. The fourth-order valence-corrected chi connectivity index (χ4v) is 3.18. The van der Waals surface area contributed by atoms with Crippen molar-refractivity contribution in [2.45, 2.75) is 71.8 Å². The van der Waals surface area contributed by atoms with Crippen LogP contribution >= 0.6 is 0 Å². The third-order valence-corrected chi connectivity index (χ3v) is 5.12. The molecule has 0 unspecified atom stereocenters. The number of rotatable bonds is 15. The Bertz CT molecular complexity index is 680. The van der Waals surface area contributed by atoms with Crippen molar-refractivity contribution in [2.24, 2.45) is 7.05 Å². The molecular weight excluding hydrogens is 462 g/mol. The number of aryl methyl sites for hydroxylation is 2. The Balaban J connectivity index is -0.000000429. The Morgan fingerprint density at radius 3 is 1.82 bits per heavy atom. The summed E-state index contributed by atoms with van der Waals surface area (Å²) in [7, 11) is 1.85. The van der Waals surface area contributed by atoms with Crippen LogP contribution in [0, 0.1) is 0 Å². The predicted molar refractivity (Wildman–Crippen MR) is 132 cm³/mol. The minimum absolute atomic E-state index is 0. The summed E-state index contributed by atoms with van der Waals surface area (Å²) in [6.45, 7) is 14.8. The molecule has 0 radical (unpaired) electrons. The fourth-order valence-electron chi connectivity index (χ4n) is 2.86. The molecule has 0 spiro atoms. The van der Waals surface area contributed by atoms with Crippen LogP contribution in [0.15, 0.2) is 44.0 Å². The second-order valence-corrected chi connectivity index (χ2v) is 9.55. The lowest BCUT2D eigenvalue weighted by Gasteiger charge is -2.26. The molecule has 7 nitrogen and oxygen atoms in total. The summed E-state index contributed by atoms with van der Waals surface area (Å²) >= 11 is 0. The van der Waals surface area contributed by atoms with Gasteiger partial charge in [0.2, 0.25) is 16.7 Å². The van der Waals surface area contributed by atoms with Crippen LogP contribution in [0.3, 0.4) is 0 Å². The van der Waals surface area contributed by atoms with Crippen LogP contribution < -0.4 is 17.0 Å². The van der Waals surface area contributed by atoms with E-state index in [2.05, 4.69) is 62.4 Å². The van der Waals surface area contributed by atoms with Gasteiger partial charge in [0.05, 0.1) is 47.4 Å². The van der Waals surface area contributed by atoms with E-state index >= 15 is 0 Å². The van der Waals surface area contributed by atoms with Crippen LogP contribution in [0.4, 0.5) is 0 Å². The van der Waals surface area contributed by atoms with Gasteiger partial charge in [-0.1, -0.05) is 65.0 Å². The average Bonchev–Trinajstić information content (AvgIpc) is 3.12. The fraction of sp³-hybridized carbons (Fsp3) is 0.708. The van der Waals surface area contributed by atoms with Crippen molar-refractivity contribution < 1.29 is 38.6 Å². The highest BCUT2D eigenvalue weighted by Crippen LogP contribution is 2.08. The van der Waals surface area contributed by atoms with Crippen molar-refractivity contribution in [3.63, 3.8) is 0 Å². The number of aromatic nitrogens is 2. The lowest BCUT2D eigenvalue weighted by Crippen LogP contribution is -3.00. The third-order valence-electron chi connectivity index (χ3n) is 4.66. The number of hydrogen-bond donors (Lipinski definition) is 0. The van der Waals surface area contributed by atoms with Gasteiger partial charge in [-0.25, -0.2) is 17.6 Å². The standard InChI is InChI=1S/C10H22O4S.C8H16N.C6H11N2.ClH/c1-2-3-4-5-6-7-8-9-10-14-15(11,12)13;1-5-7-9(3,4)8-6-2;1-3-8-5-4-7(2)6-8;/h2-10H2,1H3,(H,11,12,13);5-6H,1-2,7-8H2,3-4H3;4-6H,3H2,1-2H3;1H/q;2*+1;/p-2. The van der Waals surface area contributed by atoms with Crippen molar-refractivity contribution in [1.29, 1.82) is 0 Å². The molecule has 0 bridgehead atoms. The normalized spacial score (nSPS) is 10.7. The van der Waals surface area contributed by atoms with E-state index in [4.69, 9.17) is 0 Å². The zero-order chi connectivity index (χ0) is 24.9. The monoisotopic (exact) mass is 509 g/mol. The average molecular weight is 510 g/mol. The van der Waals surface area contributed by atoms with E-state index in [9.17, 15) is 13.0 Å². The molecule has 0 N–H and O–H groups in total. The predicted octanol–water partition coefficient (Wildman–Crippen LogP) is 1.38. The maximum atomic E-state index is 10.1. The van der Waals surface area contributed by atoms with E-state index in [0.717, 1.165) is 37.0 Å². The van der Waals surface area contributed by atoms with E-state index in [0.29, 0.717) is 6.42 Å². The molecule has 0 amide bonds. The summed E-state index contributed by atoms with van der Waals surface area (Å²) in [4.78, 5) is 0. The first-order valence-electron chi connectivity index (χ1n) is 11.7. The van der Waals surface area contributed by atoms with Crippen molar-refractivity contribution in [3.05, 3.63) is 44.0 Å². The highest BCUT2D eigenvalue weighted by molar-refractivity contribution is 7.80. The minimum Gasteiger partial charge on any atom is -1.00 e. The molecule has 0 saturated carbocycles. The third kappa shape index (κ3) is 28.8. The molecule has 0 saturated heterocycles. The number of halogens is 1. The summed E-state index contributed by atoms with van der Waals surface area (Å²) in [5, 5.41) is 0. The van der Waals surface area contributed by atoms with Gasteiger partial charge < -0.3 is 21.4 Å². The smallest absolute Gasteiger partial charge is 0.243 e. The number of hydrogen-bond acceptors (Lipinski definition) is 4. The number of likely N-dealkylation sites (N-methyl/N-ethyl adjacent to an activating group) is 1. The van der Waals surface area contributed by atoms with Crippen molar-refractivity contribution >= 4 is 10.4 Å². The van der Waals surface area contributed by atoms with Gasteiger partial charge in [0.15, 0.2) is 0 Å². The Morgan fingerprint density at radius 1 is 1.00 bits per heavy atom. The minimum atomic E-state index is -4.48. The molecule has 0 atom stereocenters. The first-order valence-corrected chi connectivity index (χ1v) is 13.0. The lowest BCUT2D eigenvalue weighted by atomic mass is 10.1. The molecule has 1 heterocycles. The summed E-state index contributed by atoms with van der Waals surface area (Å²) in [5.41, 5.74) is 0. The summed E-state index contributed by atoms with van der Waals surface area (Å²) in [6.07, 6.45) is 18.9. The van der Waals surface area contributed by atoms with Gasteiger partial charge in [-0.05, 0) is 25.5 Å². The van der Waals surface area contributed by atoms with Crippen LogP contribution in [0.1, 0.15) is 65.2 Å². The van der Waals surface area contributed by atoms with Crippen molar-refractivity contribution in [2.75, 3.05) is 33.8 Å². The van der Waals surface area contributed by atoms with Crippen molar-refractivity contribution in [3.8, 4) is 0 Å². The van der Waals surface area contributed by atoms with Gasteiger partial charge in [0.1, 0.15) is 12.4 Å².